The maximum absolute atomic E-state index is 4.74. The molecule has 10 aromatic carbocycles. The molecule has 1 heteroatoms. The monoisotopic (exact) mass is 865 g/mol. The van der Waals surface area contributed by atoms with Crippen molar-refractivity contribution in [2.24, 2.45) is 0 Å². The maximum atomic E-state index is 4.74. The largest absolute Gasteiger partial charge is 0.310 e. The summed E-state index contributed by atoms with van der Waals surface area (Å²) in [4.78, 5) is 2.55. The summed E-state index contributed by atoms with van der Waals surface area (Å²) in [7, 11) is 0. The van der Waals surface area contributed by atoms with Gasteiger partial charge >= 0.3 is 0 Å². The van der Waals surface area contributed by atoms with E-state index < -0.39 is 10.8 Å². The van der Waals surface area contributed by atoms with E-state index in [1.807, 2.05) is 0 Å². The molecule has 0 aliphatic heterocycles. The second kappa shape index (κ2) is 15.5. The van der Waals surface area contributed by atoms with Crippen molar-refractivity contribution in [1.82, 2.24) is 0 Å². The summed E-state index contributed by atoms with van der Waals surface area (Å²) in [5.41, 5.74) is 22.1. The molecule has 0 saturated heterocycles. The molecule has 0 N–H and O–H groups in total. The average molecular weight is 866 g/mol. The minimum Gasteiger partial charge on any atom is -0.310 e. The summed E-state index contributed by atoms with van der Waals surface area (Å²) in [6, 6.07) is 89.9. The zero-order valence-electron chi connectivity index (χ0n) is 37.9. The maximum Gasteiger partial charge on any atom is 0.0726 e. The van der Waals surface area contributed by atoms with E-state index in [0.717, 1.165) is 17.1 Å². The van der Waals surface area contributed by atoms with E-state index in [9.17, 15) is 0 Å². The van der Waals surface area contributed by atoms with Crippen LogP contribution in [-0.4, -0.2) is 0 Å². The Morgan fingerprint density at radius 1 is 0.412 bits per heavy atom. The molecule has 0 bridgehead atoms. The van der Waals surface area contributed by atoms with Crippen LogP contribution in [0.4, 0.5) is 11.4 Å². The molecule has 3 aliphatic carbocycles. The molecule has 0 fully saturated rings. The van der Waals surface area contributed by atoms with Crippen LogP contribution in [0.5, 0.6) is 0 Å². The van der Waals surface area contributed by atoms with Crippen molar-refractivity contribution < 1.29 is 0 Å². The zero-order valence-corrected chi connectivity index (χ0v) is 37.9. The van der Waals surface area contributed by atoms with Crippen LogP contribution < -0.4 is 4.90 Å². The van der Waals surface area contributed by atoms with Crippen LogP contribution in [0.3, 0.4) is 0 Å². The van der Waals surface area contributed by atoms with Crippen LogP contribution in [0.15, 0.2) is 273 Å². The molecular formula is C67H47N. The van der Waals surface area contributed by atoms with Gasteiger partial charge in [0.1, 0.15) is 0 Å². The van der Waals surface area contributed by atoms with E-state index >= 15 is 0 Å². The molecule has 13 rings (SSSR count). The minimum absolute atomic E-state index is 0.557. The van der Waals surface area contributed by atoms with Gasteiger partial charge in [0, 0.05) is 16.8 Å². The number of benzene rings is 10. The van der Waals surface area contributed by atoms with Gasteiger partial charge in [0.05, 0.1) is 22.2 Å². The third-order valence-corrected chi connectivity index (χ3v) is 15.1. The molecule has 1 spiro atoms. The number of anilines is 2. The fraction of sp³-hybridized carbons (Fsp3) is 0.0448. The SMILES string of the molecule is C=CC1=C(/C(=C\C)N(c2ccc(-c3ccccc3)cc2)c2cccc3c2-c2ccccc2C3(c2ccccc2)c2ccccc2)c2ccccc2C12c1ccccc1-c1c2ccc2ccccc12. The Hall–Kier alpha value is -8.52. The van der Waals surface area contributed by atoms with Gasteiger partial charge in [0.2, 0.25) is 0 Å². The Morgan fingerprint density at radius 3 is 1.56 bits per heavy atom. The molecule has 1 nitrogen and oxygen atoms in total. The quantitative estimate of drug-likeness (QED) is 0.147. The fourth-order valence-electron chi connectivity index (χ4n) is 12.6. The standard InChI is InChI=1S/C67H47N/c1-3-55-64(54-33-18-21-36-58(54)67(55)57-35-20-16-31-52(57)63-51-30-15-14-25-47(51)41-44-60(63)67)61(4-2)68(50-42-39-46(40-43-50)45-23-8-5-9-24-45)62-38-22-37-59-65(62)53-32-17-19-34-56(53)66(59,48-26-10-6-11-27-48)49-28-12-7-13-29-49/h3-44H,1H2,2H3/b61-4+. The molecule has 0 saturated carbocycles. The van der Waals surface area contributed by atoms with E-state index in [2.05, 4.69) is 267 Å². The first-order valence-corrected chi connectivity index (χ1v) is 23.8. The third-order valence-electron chi connectivity index (χ3n) is 15.1. The topological polar surface area (TPSA) is 3.24 Å². The van der Waals surface area contributed by atoms with Crippen molar-refractivity contribution in [3.63, 3.8) is 0 Å². The predicted octanol–water partition coefficient (Wildman–Crippen LogP) is 16.9. The first kappa shape index (κ1) is 39.8. The van der Waals surface area contributed by atoms with Gasteiger partial charge in [-0.25, -0.2) is 0 Å². The lowest BCUT2D eigenvalue weighted by Crippen LogP contribution is -2.28. The smallest absolute Gasteiger partial charge is 0.0726 e. The minimum atomic E-state index is -0.595. The van der Waals surface area contributed by atoms with Crippen LogP contribution in [0, 0.1) is 0 Å². The van der Waals surface area contributed by atoms with Gasteiger partial charge in [-0.1, -0.05) is 243 Å². The van der Waals surface area contributed by atoms with E-state index in [4.69, 9.17) is 6.58 Å². The van der Waals surface area contributed by atoms with Gasteiger partial charge in [0.15, 0.2) is 0 Å². The Kier molecular flexibility index (Phi) is 9.10. The number of fused-ring (bicyclic) bond motifs is 12. The lowest BCUT2D eigenvalue weighted by Gasteiger charge is -2.35. The summed E-state index contributed by atoms with van der Waals surface area (Å²) in [5.74, 6) is 0. The molecule has 3 aliphatic rings. The number of rotatable bonds is 8. The van der Waals surface area contributed by atoms with E-state index in [-0.39, 0.29) is 0 Å². The van der Waals surface area contributed by atoms with Gasteiger partial charge in [0.25, 0.3) is 0 Å². The Labute approximate surface area is 399 Å². The molecule has 320 valence electrons. The predicted molar refractivity (Wildman–Crippen MR) is 284 cm³/mol. The molecule has 0 heterocycles. The Bertz CT molecular complexity index is 3650. The van der Waals surface area contributed by atoms with Crippen molar-refractivity contribution in [2.45, 2.75) is 17.8 Å². The lowest BCUT2D eigenvalue weighted by atomic mass is 9.68. The van der Waals surface area contributed by atoms with Crippen molar-refractivity contribution in [2.75, 3.05) is 4.90 Å². The van der Waals surface area contributed by atoms with Crippen molar-refractivity contribution in [1.29, 1.82) is 0 Å². The highest BCUT2D eigenvalue weighted by atomic mass is 15.2. The lowest BCUT2D eigenvalue weighted by molar-refractivity contribution is 0.768. The highest BCUT2D eigenvalue weighted by molar-refractivity contribution is 6.09. The number of allylic oxidation sites excluding steroid dienone is 4. The summed E-state index contributed by atoms with van der Waals surface area (Å²) in [6.45, 7) is 6.95. The third kappa shape index (κ3) is 5.39. The van der Waals surface area contributed by atoms with Gasteiger partial charge in [-0.3, -0.25) is 0 Å². The normalized spacial score (nSPS) is 16.0. The van der Waals surface area contributed by atoms with Crippen molar-refractivity contribution >= 4 is 27.7 Å². The van der Waals surface area contributed by atoms with Crippen LogP contribution in [0.2, 0.25) is 0 Å². The Balaban J connectivity index is 1.12. The Morgan fingerprint density at radius 2 is 0.912 bits per heavy atom. The highest BCUT2D eigenvalue weighted by Gasteiger charge is 2.54. The molecule has 1 atom stereocenters. The van der Waals surface area contributed by atoms with Gasteiger partial charge in [-0.05, 0) is 114 Å². The second-order valence-corrected chi connectivity index (χ2v) is 18.2. The molecule has 0 radical (unpaired) electrons. The second-order valence-electron chi connectivity index (χ2n) is 18.2. The van der Waals surface area contributed by atoms with Crippen LogP contribution in [0.1, 0.15) is 51.4 Å². The zero-order chi connectivity index (χ0) is 45.4. The van der Waals surface area contributed by atoms with Gasteiger partial charge in [-0.15, -0.1) is 0 Å². The molecular weight excluding hydrogens is 819 g/mol. The highest BCUT2D eigenvalue weighted by Crippen LogP contribution is 2.65. The first-order chi connectivity index (χ1) is 33.7. The van der Waals surface area contributed by atoms with Gasteiger partial charge < -0.3 is 4.90 Å². The fourth-order valence-corrected chi connectivity index (χ4v) is 12.6. The van der Waals surface area contributed by atoms with Crippen LogP contribution in [0.25, 0.3) is 49.7 Å². The number of hydrogen-bond acceptors (Lipinski definition) is 1. The number of hydrogen-bond donors (Lipinski definition) is 0. The molecule has 1 unspecified atom stereocenters. The van der Waals surface area contributed by atoms with Crippen LogP contribution >= 0.6 is 0 Å². The summed E-state index contributed by atoms with van der Waals surface area (Å²) in [5, 5.41) is 2.52. The van der Waals surface area contributed by atoms with Crippen molar-refractivity contribution in [3.8, 4) is 33.4 Å². The molecule has 68 heavy (non-hydrogen) atoms. The van der Waals surface area contributed by atoms with Gasteiger partial charge in [-0.2, -0.15) is 0 Å². The van der Waals surface area contributed by atoms with E-state index in [1.54, 1.807) is 0 Å². The van der Waals surface area contributed by atoms with E-state index in [1.165, 1.54) is 99.8 Å². The van der Waals surface area contributed by atoms with E-state index in [0.29, 0.717) is 0 Å². The first-order valence-electron chi connectivity index (χ1n) is 23.8. The molecule has 10 aromatic rings. The summed E-state index contributed by atoms with van der Waals surface area (Å²) in [6.07, 6.45) is 4.50. The van der Waals surface area contributed by atoms with Crippen LogP contribution in [-0.2, 0) is 10.8 Å². The summed E-state index contributed by atoms with van der Waals surface area (Å²) < 4.78 is 0. The molecule has 0 amide bonds. The summed E-state index contributed by atoms with van der Waals surface area (Å²) >= 11 is 0. The number of nitrogens with zero attached hydrogens (tertiary/aromatic N) is 1. The molecule has 0 aromatic heterocycles. The average Bonchev–Trinajstić information content (AvgIpc) is 4.01. The van der Waals surface area contributed by atoms with Crippen molar-refractivity contribution in [3.05, 3.63) is 317 Å².